The molecule has 36 heavy (non-hydrogen) atoms. The van der Waals surface area contributed by atoms with Gasteiger partial charge in [-0.2, -0.15) is 4.98 Å². The molecule has 0 N–H and O–H groups in total. The first-order valence-corrected chi connectivity index (χ1v) is 13.6. The van der Waals surface area contributed by atoms with Gasteiger partial charge in [0.15, 0.2) is 5.65 Å². The van der Waals surface area contributed by atoms with Crippen molar-refractivity contribution in [2.45, 2.75) is 44.7 Å². The lowest BCUT2D eigenvalue weighted by atomic mass is 10.0. The fraction of sp³-hybridized carbons (Fsp3) is 0.538. The van der Waals surface area contributed by atoms with Gasteiger partial charge in [-0.3, -0.25) is 0 Å². The fourth-order valence-corrected chi connectivity index (χ4v) is 5.72. The Morgan fingerprint density at radius 3 is 2.47 bits per heavy atom. The lowest BCUT2D eigenvalue weighted by molar-refractivity contribution is 0.0282. The molecule has 0 saturated carbocycles. The number of aromatic nitrogens is 4. The molecule has 2 saturated heterocycles. The molecule has 2 aliphatic rings. The third-order valence-corrected chi connectivity index (χ3v) is 7.63. The van der Waals surface area contributed by atoms with Crippen molar-refractivity contribution in [1.82, 2.24) is 24.4 Å². The number of aryl methyl sites for hydroxylation is 1. The van der Waals surface area contributed by atoms with Crippen LogP contribution in [0.5, 0.6) is 5.75 Å². The minimum absolute atomic E-state index is 0.223. The van der Waals surface area contributed by atoms with Crippen molar-refractivity contribution in [3.8, 4) is 17.0 Å². The molecule has 0 radical (unpaired) electrons. The van der Waals surface area contributed by atoms with Crippen LogP contribution in [-0.4, -0.2) is 75.7 Å². The highest BCUT2D eigenvalue weighted by Gasteiger charge is 2.43. The Labute approximate surface area is 216 Å². The molecule has 9 nitrogen and oxygen atoms in total. The maximum atomic E-state index is 12.6. The van der Waals surface area contributed by atoms with Gasteiger partial charge in [-0.1, -0.05) is 0 Å². The molecular formula is C26H34N6O3S. The number of nitrogens with zero attached hydrogens (tertiary/aromatic N) is 6. The van der Waals surface area contributed by atoms with Gasteiger partial charge in [0, 0.05) is 55.0 Å². The van der Waals surface area contributed by atoms with E-state index >= 15 is 0 Å². The molecule has 2 atom stereocenters. The van der Waals surface area contributed by atoms with Gasteiger partial charge in [0.25, 0.3) is 0 Å². The fourth-order valence-electron chi connectivity index (χ4n) is 5.12. The van der Waals surface area contributed by atoms with Crippen LogP contribution in [0, 0.1) is 11.8 Å². The van der Waals surface area contributed by atoms with Crippen LogP contribution < -0.4 is 9.64 Å². The summed E-state index contributed by atoms with van der Waals surface area (Å²) < 4.78 is 13.2. The summed E-state index contributed by atoms with van der Waals surface area (Å²) in [4.78, 5) is 32.4. The van der Waals surface area contributed by atoms with E-state index < -0.39 is 5.60 Å². The van der Waals surface area contributed by atoms with Gasteiger partial charge in [0.2, 0.25) is 5.95 Å². The van der Waals surface area contributed by atoms with E-state index in [4.69, 9.17) is 19.4 Å². The molecule has 10 heteroatoms. The predicted octanol–water partition coefficient (Wildman–Crippen LogP) is 4.55. The Morgan fingerprint density at radius 2 is 1.86 bits per heavy atom. The minimum atomic E-state index is -0.486. The van der Waals surface area contributed by atoms with Crippen molar-refractivity contribution in [3.05, 3.63) is 24.5 Å². The van der Waals surface area contributed by atoms with E-state index in [0.717, 1.165) is 52.7 Å². The first-order chi connectivity index (χ1) is 17.2. The number of hydrogen-bond donors (Lipinski definition) is 0. The first kappa shape index (κ1) is 24.7. The van der Waals surface area contributed by atoms with Gasteiger partial charge < -0.3 is 23.8 Å². The van der Waals surface area contributed by atoms with Crippen LogP contribution in [0.1, 0.15) is 27.7 Å². The second kappa shape index (κ2) is 9.46. The van der Waals surface area contributed by atoms with Gasteiger partial charge in [0.1, 0.15) is 22.6 Å². The van der Waals surface area contributed by atoms with E-state index in [9.17, 15) is 4.79 Å². The molecule has 3 aromatic rings. The molecular weight excluding hydrogens is 476 g/mol. The molecule has 0 aliphatic carbocycles. The number of anilines is 1. The zero-order chi connectivity index (χ0) is 25.6. The number of benzene rings is 1. The summed E-state index contributed by atoms with van der Waals surface area (Å²) in [7, 11) is 1.69. The summed E-state index contributed by atoms with van der Waals surface area (Å²) in [5.41, 5.74) is 2.97. The first-order valence-electron chi connectivity index (χ1n) is 12.4. The zero-order valence-electron chi connectivity index (χ0n) is 21.8. The second-order valence-corrected chi connectivity index (χ2v) is 11.3. The average Bonchev–Trinajstić information content (AvgIpc) is 3.54. The van der Waals surface area contributed by atoms with Crippen molar-refractivity contribution in [3.63, 3.8) is 0 Å². The number of imidazole rings is 1. The second-order valence-electron chi connectivity index (χ2n) is 10.5. The van der Waals surface area contributed by atoms with Crippen LogP contribution in [0.2, 0.25) is 0 Å². The molecule has 5 rings (SSSR count). The highest BCUT2D eigenvalue weighted by atomic mass is 32.2. The summed E-state index contributed by atoms with van der Waals surface area (Å²) in [6.07, 6.45) is 3.65. The molecule has 0 spiro atoms. The third-order valence-electron chi connectivity index (χ3n) is 6.87. The van der Waals surface area contributed by atoms with Gasteiger partial charge in [-0.15, -0.1) is 11.8 Å². The number of carbonyl (C=O) groups excluding carboxylic acids is 1. The summed E-state index contributed by atoms with van der Waals surface area (Å²) in [5.74, 6) is 2.31. The molecule has 2 fully saturated rings. The number of rotatable bonds is 5. The predicted molar refractivity (Wildman–Crippen MR) is 142 cm³/mol. The van der Waals surface area contributed by atoms with Gasteiger partial charge in [-0.25, -0.2) is 14.8 Å². The number of amides is 1. The Hall–Kier alpha value is -3.01. The normalized spacial score (nSPS) is 19.7. The van der Waals surface area contributed by atoms with E-state index in [0.29, 0.717) is 30.9 Å². The van der Waals surface area contributed by atoms with Gasteiger partial charge in [0.05, 0.1) is 13.4 Å². The van der Waals surface area contributed by atoms with Crippen molar-refractivity contribution < 1.29 is 14.3 Å². The average molecular weight is 511 g/mol. The van der Waals surface area contributed by atoms with Gasteiger partial charge in [-0.05, 0) is 52.1 Å². The molecule has 1 aromatic carbocycles. The van der Waals surface area contributed by atoms with Crippen LogP contribution in [0.15, 0.2) is 29.4 Å². The minimum Gasteiger partial charge on any atom is -0.496 e. The molecule has 2 aliphatic heterocycles. The van der Waals surface area contributed by atoms with Gasteiger partial charge >= 0.3 is 6.09 Å². The number of thioether (sulfide) groups is 1. The molecule has 0 bridgehead atoms. The topological polar surface area (TPSA) is 85.6 Å². The SMILES string of the molecule is CCn1cnc2c(-c3ccc(OC)c(SC)c3)nc(N3CC4CN(C(=O)OC(C)(C)C)CC4C3)nc21. The Kier molecular flexibility index (Phi) is 6.48. The van der Waals surface area contributed by atoms with E-state index in [1.165, 1.54) is 0 Å². The van der Waals surface area contributed by atoms with Crippen LogP contribution in [0.3, 0.4) is 0 Å². The molecule has 4 heterocycles. The van der Waals surface area contributed by atoms with Crippen molar-refractivity contribution in [2.75, 3.05) is 44.4 Å². The van der Waals surface area contributed by atoms with E-state index in [1.54, 1.807) is 18.9 Å². The quantitative estimate of drug-likeness (QED) is 0.462. The van der Waals surface area contributed by atoms with Crippen molar-refractivity contribution in [1.29, 1.82) is 0 Å². The van der Waals surface area contributed by atoms with Crippen LogP contribution >= 0.6 is 11.8 Å². The number of likely N-dealkylation sites (tertiary alicyclic amines) is 1. The Balaban J connectivity index is 1.44. The number of hydrogen-bond acceptors (Lipinski definition) is 8. The zero-order valence-corrected chi connectivity index (χ0v) is 22.6. The number of carbonyl (C=O) groups is 1. The van der Waals surface area contributed by atoms with Crippen molar-refractivity contribution in [2.24, 2.45) is 11.8 Å². The van der Waals surface area contributed by atoms with Crippen LogP contribution in [-0.2, 0) is 11.3 Å². The molecule has 2 aromatic heterocycles. The third kappa shape index (κ3) is 4.58. The lowest BCUT2D eigenvalue weighted by Crippen LogP contribution is -2.37. The van der Waals surface area contributed by atoms with E-state index in [2.05, 4.69) is 27.4 Å². The smallest absolute Gasteiger partial charge is 0.410 e. The maximum Gasteiger partial charge on any atom is 0.410 e. The Morgan fingerprint density at radius 1 is 1.14 bits per heavy atom. The highest BCUT2D eigenvalue weighted by Crippen LogP contribution is 2.37. The molecule has 2 unspecified atom stereocenters. The monoisotopic (exact) mass is 510 g/mol. The maximum absolute atomic E-state index is 12.6. The number of methoxy groups -OCH3 is 1. The van der Waals surface area contributed by atoms with E-state index in [-0.39, 0.29) is 6.09 Å². The van der Waals surface area contributed by atoms with E-state index in [1.807, 2.05) is 50.4 Å². The number of fused-ring (bicyclic) bond motifs is 2. The summed E-state index contributed by atoms with van der Waals surface area (Å²) >= 11 is 1.64. The molecule has 1 amide bonds. The molecule has 192 valence electrons. The Bertz CT molecular complexity index is 1270. The van der Waals surface area contributed by atoms with Crippen LogP contribution in [0.25, 0.3) is 22.4 Å². The lowest BCUT2D eigenvalue weighted by Gasteiger charge is -2.26. The summed E-state index contributed by atoms with van der Waals surface area (Å²) in [5, 5.41) is 0. The van der Waals surface area contributed by atoms with Crippen molar-refractivity contribution >= 4 is 35.0 Å². The summed E-state index contributed by atoms with van der Waals surface area (Å²) in [6.45, 7) is 11.6. The van der Waals surface area contributed by atoms with Crippen LogP contribution in [0.4, 0.5) is 10.7 Å². The largest absolute Gasteiger partial charge is 0.496 e. The number of ether oxygens (including phenoxy) is 2. The highest BCUT2D eigenvalue weighted by molar-refractivity contribution is 7.98. The summed E-state index contributed by atoms with van der Waals surface area (Å²) in [6, 6.07) is 6.13. The standard InChI is InChI=1S/C26H34N6O3S/c1-7-30-15-27-22-21(16-8-9-19(34-5)20(10-16)36-6)28-24(29-23(22)30)31-11-17-13-32(14-18(17)12-31)25(33)35-26(2,3)4/h8-10,15,17-18H,7,11-14H2,1-6H3.